The average molecular weight is 565 g/mol. The van der Waals surface area contributed by atoms with Crippen molar-refractivity contribution in [2.75, 3.05) is 0 Å². The molecule has 0 saturated carbocycles. The molecule has 5 aromatic carbocycles. The molecule has 0 radical (unpaired) electrons. The Labute approximate surface area is 256 Å². The maximum atomic E-state index is 2.57. The number of benzene rings is 5. The lowest BCUT2D eigenvalue weighted by Gasteiger charge is -2.39. The van der Waals surface area contributed by atoms with Crippen molar-refractivity contribution in [2.24, 2.45) is 0 Å². The van der Waals surface area contributed by atoms with Crippen molar-refractivity contribution in [2.45, 2.75) is 31.6 Å². The van der Waals surface area contributed by atoms with E-state index in [4.69, 9.17) is 0 Å². The lowest BCUT2D eigenvalue weighted by molar-refractivity contribution is -1.02. The van der Waals surface area contributed by atoms with Gasteiger partial charge in [-0.25, -0.2) is 0 Å². The van der Waals surface area contributed by atoms with Crippen LogP contribution in [-0.4, -0.2) is 0 Å². The number of aromatic nitrogens is 2. The molecule has 0 amide bonds. The summed E-state index contributed by atoms with van der Waals surface area (Å²) in [6, 6.07) is 44.1. The quantitative estimate of drug-likeness (QED) is 0.0993. The first-order valence-corrected chi connectivity index (χ1v) is 15.7. The van der Waals surface area contributed by atoms with Crippen LogP contribution < -0.4 is 14.1 Å². The van der Waals surface area contributed by atoms with Gasteiger partial charge in [-0.2, -0.15) is 0 Å². The summed E-state index contributed by atoms with van der Waals surface area (Å²) >= 11 is 0. The Morgan fingerprint density at radius 3 is 2.00 bits per heavy atom. The standard InChI is InChI=1S/C41H30N3/c1-40(2,3)27-23-30-35-16-8-9-21-42(35)44-38(30)34(24-27)41(31-14-6-4-12-28(31)29-13-5-7-15-32(29)41)33-20-19-25-17-18-26-11-10-22-43(44)37(26)36(25)39(33)44/h4-24H,1-3H3/q+3. The predicted octanol–water partition coefficient (Wildman–Crippen LogP) is 8.40. The summed E-state index contributed by atoms with van der Waals surface area (Å²) in [6.45, 7) is 7.06. The van der Waals surface area contributed by atoms with Crippen LogP contribution in [0.25, 0.3) is 44.1 Å². The first-order chi connectivity index (χ1) is 21.5. The van der Waals surface area contributed by atoms with Gasteiger partial charge in [0.2, 0.25) is 12.4 Å². The number of rotatable bonds is 0. The molecule has 5 heterocycles. The van der Waals surface area contributed by atoms with Crippen molar-refractivity contribution >= 4 is 33.1 Å². The third kappa shape index (κ3) is 2.23. The molecular weight excluding hydrogens is 534 g/mol. The van der Waals surface area contributed by atoms with Gasteiger partial charge in [-0.05, 0) is 69.0 Å². The molecule has 11 rings (SSSR count). The molecule has 1 atom stereocenters. The molecule has 7 aromatic rings. The maximum absolute atomic E-state index is 2.57. The SMILES string of the molecule is CC(C)(C)c1cc2c3c(c1)C1(c4ccccc4-c4ccccc41)c1ccc4ccc5ccc[n+]6c5c4c1[N+]36[n+]1ccccc1-2. The highest BCUT2D eigenvalue weighted by Crippen LogP contribution is 2.68. The molecule has 0 bridgehead atoms. The minimum absolute atomic E-state index is 0.0250. The molecule has 206 valence electrons. The molecule has 2 aromatic heterocycles. The topological polar surface area (TPSA) is 7.76 Å². The fourth-order valence-electron chi connectivity index (χ4n) is 9.34. The second-order valence-electron chi connectivity index (χ2n) is 14.0. The molecule has 0 saturated heterocycles. The summed E-state index contributed by atoms with van der Waals surface area (Å²) in [6.07, 6.45) is 4.60. The van der Waals surface area contributed by atoms with Crippen molar-refractivity contribution in [1.29, 1.82) is 0 Å². The molecule has 1 unspecified atom stereocenters. The van der Waals surface area contributed by atoms with Gasteiger partial charge in [-0.3, -0.25) is 0 Å². The van der Waals surface area contributed by atoms with Crippen LogP contribution in [0, 0.1) is 0 Å². The fraction of sp³-hybridized carbons (Fsp3) is 0.122. The van der Waals surface area contributed by atoms with Crippen molar-refractivity contribution in [3.8, 4) is 22.4 Å². The Balaban J connectivity index is 1.49. The summed E-state index contributed by atoms with van der Waals surface area (Å²) in [5.74, 6) is 0. The van der Waals surface area contributed by atoms with Gasteiger partial charge in [0, 0.05) is 29.3 Å². The Morgan fingerprint density at radius 1 is 0.545 bits per heavy atom. The van der Waals surface area contributed by atoms with Gasteiger partial charge in [0.25, 0.3) is 22.6 Å². The highest BCUT2D eigenvalue weighted by molar-refractivity contribution is 6.15. The zero-order valence-corrected chi connectivity index (χ0v) is 25.0. The van der Waals surface area contributed by atoms with Gasteiger partial charge in [0.1, 0.15) is 10.9 Å². The van der Waals surface area contributed by atoms with Crippen LogP contribution in [0.3, 0.4) is 0 Å². The summed E-state index contributed by atoms with van der Waals surface area (Å²) in [5.41, 5.74) is 15.8. The first-order valence-electron chi connectivity index (χ1n) is 15.7. The molecule has 3 heteroatoms. The van der Waals surface area contributed by atoms with Crippen LogP contribution in [0.15, 0.2) is 128 Å². The minimum atomic E-state index is -0.447. The van der Waals surface area contributed by atoms with Gasteiger partial charge in [0.05, 0.1) is 20.2 Å². The van der Waals surface area contributed by atoms with Crippen molar-refractivity contribution in [3.63, 3.8) is 0 Å². The van der Waals surface area contributed by atoms with Gasteiger partial charge in [-0.15, -0.1) is 0 Å². The van der Waals surface area contributed by atoms with Crippen LogP contribution in [0.2, 0.25) is 0 Å². The summed E-state index contributed by atoms with van der Waals surface area (Å²) < 4.78 is 5.59. The zero-order valence-electron chi connectivity index (χ0n) is 25.0. The Hall–Kier alpha value is -5.12. The fourth-order valence-corrected chi connectivity index (χ4v) is 9.34. The number of nitrogens with zero attached hydrogens (tertiary/aromatic N) is 3. The van der Waals surface area contributed by atoms with E-state index >= 15 is 0 Å². The maximum Gasteiger partial charge on any atom is 0.294 e. The molecule has 3 nitrogen and oxygen atoms in total. The van der Waals surface area contributed by atoms with E-state index in [2.05, 4.69) is 158 Å². The van der Waals surface area contributed by atoms with Gasteiger partial charge in [0.15, 0.2) is 4.70 Å². The Kier molecular flexibility index (Phi) is 3.80. The van der Waals surface area contributed by atoms with E-state index < -0.39 is 5.41 Å². The molecule has 44 heavy (non-hydrogen) atoms. The van der Waals surface area contributed by atoms with Crippen LogP contribution in [0.4, 0.5) is 11.4 Å². The Bertz CT molecular complexity index is 2450. The van der Waals surface area contributed by atoms with E-state index in [1.54, 1.807) is 0 Å². The van der Waals surface area contributed by atoms with Gasteiger partial charge >= 0.3 is 0 Å². The zero-order chi connectivity index (χ0) is 29.2. The lowest BCUT2D eigenvalue weighted by atomic mass is 9.63. The first kappa shape index (κ1) is 23.3. The second-order valence-corrected chi connectivity index (χ2v) is 14.0. The highest BCUT2D eigenvalue weighted by Gasteiger charge is 2.74. The van der Waals surface area contributed by atoms with Crippen LogP contribution >= 0.6 is 0 Å². The second kappa shape index (κ2) is 7.15. The smallest absolute Gasteiger partial charge is 0.0619 e. The number of fused-ring (bicyclic) bond motifs is 9. The number of hydrogen-bond donors (Lipinski definition) is 0. The van der Waals surface area contributed by atoms with Crippen molar-refractivity contribution < 1.29 is 9.35 Å². The summed E-state index contributed by atoms with van der Waals surface area (Å²) in [7, 11) is 0. The molecule has 0 fully saturated rings. The van der Waals surface area contributed by atoms with Gasteiger partial charge in [-0.1, -0.05) is 87.5 Å². The summed E-state index contributed by atoms with van der Waals surface area (Å²) in [4.78, 5) is 0. The number of pyridine rings is 2. The molecule has 2 spiro atoms. The van der Waals surface area contributed by atoms with Crippen LogP contribution in [-0.2, 0) is 10.8 Å². The average Bonchev–Trinajstić information content (AvgIpc) is 3.64. The van der Waals surface area contributed by atoms with Crippen molar-refractivity contribution in [1.82, 2.24) is 4.70 Å². The van der Waals surface area contributed by atoms with Crippen LogP contribution in [0.5, 0.6) is 0 Å². The van der Waals surface area contributed by atoms with Crippen LogP contribution in [0.1, 0.15) is 48.6 Å². The van der Waals surface area contributed by atoms with Crippen molar-refractivity contribution in [3.05, 3.63) is 155 Å². The monoisotopic (exact) mass is 564 g/mol. The third-order valence-electron chi connectivity index (χ3n) is 11.0. The molecule has 3 aliphatic heterocycles. The number of hydrogen-bond acceptors (Lipinski definition) is 0. The molecular formula is C41H30N3+3. The van der Waals surface area contributed by atoms with E-state index in [0.717, 1.165) is 0 Å². The van der Waals surface area contributed by atoms with E-state index in [-0.39, 0.29) is 5.41 Å². The Morgan fingerprint density at radius 2 is 1.23 bits per heavy atom. The molecule has 4 aliphatic rings. The highest BCUT2D eigenvalue weighted by atomic mass is 15.9. The summed E-state index contributed by atoms with van der Waals surface area (Å²) in [5, 5.41) is 3.93. The minimum Gasteiger partial charge on any atom is -0.0619 e. The molecule has 1 aliphatic carbocycles. The number of quaternary nitrogens is 1. The molecule has 0 N–H and O–H groups in total. The normalized spacial score (nSPS) is 18.6. The van der Waals surface area contributed by atoms with E-state index in [1.807, 2.05) is 0 Å². The van der Waals surface area contributed by atoms with E-state index in [9.17, 15) is 0 Å². The third-order valence-corrected chi connectivity index (χ3v) is 11.0. The largest absolute Gasteiger partial charge is 0.294 e. The van der Waals surface area contributed by atoms with E-state index in [1.165, 1.54) is 83.3 Å². The predicted molar refractivity (Wildman–Crippen MR) is 176 cm³/mol. The van der Waals surface area contributed by atoms with Gasteiger partial charge < -0.3 is 0 Å². The lowest BCUT2D eigenvalue weighted by Crippen LogP contribution is -2.82. The van der Waals surface area contributed by atoms with E-state index in [0.29, 0.717) is 4.70 Å².